The topological polar surface area (TPSA) is 38.9 Å². The molecule has 1 unspecified atom stereocenters. The maximum absolute atomic E-state index is 4.47. The van der Waals surface area contributed by atoms with Gasteiger partial charge in [0.15, 0.2) is 0 Å². The highest BCUT2D eigenvalue weighted by Gasteiger charge is 2.20. The first-order valence-electron chi connectivity index (χ1n) is 8.44. The maximum Gasteiger partial charge on any atom is 0.0954 e. The summed E-state index contributed by atoms with van der Waals surface area (Å²) in [6, 6.07) is 0.482. The molecule has 0 spiro atoms. The largest absolute Gasteiger partial charge is 0.326 e. The van der Waals surface area contributed by atoms with Crippen LogP contribution in [0.25, 0.3) is 11.3 Å². The lowest BCUT2D eigenvalue weighted by atomic mass is 10.1. The summed E-state index contributed by atoms with van der Waals surface area (Å²) < 4.78 is 4.23. The molecule has 0 amide bonds. The molecule has 6 heteroatoms. The van der Waals surface area contributed by atoms with E-state index in [1.165, 1.54) is 43.6 Å². The summed E-state index contributed by atoms with van der Waals surface area (Å²) >= 11 is 0. The van der Waals surface area contributed by atoms with Crippen molar-refractivity contribution in [2.75, 3.05) is 19.6 Å². The highest BCUT2D eigenvalue weighted by Crippen LogP contribution is 2.27. The quantitative estimate of drug-likeness (QED) is 0.838. The van der Waals surface area contributed by atoms with Crippen LogP contribution >= 0.6 is 12.4 Å². The lowest BCUT2D eigenvalue weighted by Gasteiger charge is -2.31. The number of nitrogens with zero attached hydrogens (tertiary/aromatic N) is 5. The first-order chi connectivity index (χ1) is 10.7. The van der Waals surface area contributed by atoms with Gasteiger partial charge in [-0.3, -0.25) is 4.68 Å². The summed E-state index contributed by atoms with van der Waals surface area (Å²) in [6.07, 6.45) is 11.3. The number of rotatable bonds is 5. The molecule has 0 N–H and O–H groups in total. The minimum atomic E-state index is 0. The maximum atomic E-state index is 4.47. The molecule has 2 aromatic rings. The first kappa shape index (κ1) is 18.0. The molecule has 5 nitrogen and oxygen atoms in total. The monoisotopic (exact) mass is 337 g/mol. The van der Waals surface area contributed by atoms with Gasteiger partial charge in [-0.15, -0.1) is 12.4 Å². The fraction of sp³-hybridized carbons (Fsp3) is 0.647. The number of aryl methyl sites for hydroxylation is 2. The SMILES string of the molecule is CCC(CN1CCCCC1)n1cncc1-c1cn(C)nc1C.Cl. The Hall–Kier alpha value is -1.33. The van der Waals surface area contributed by atoms with Crippen molar-refractivity contribution in [3.05, 3.63) is 24.4 Å². The third kappa shape index (κ3) is 3.96. The number of aromatic nitrogens is 4. The summed E-state index contributed by atoms with van der Waals surface area (Å²) in [5.74, 6) is 0. The molecule has 1 aliphatic rings. The summed E-state index contributed by atoms with van der Waals surface area (Å²) in [5, 5.41) is 4.47. The van der Waals surface area contributed by atoms with Crippen molar-refractivity contribution in [2.45, 2.75) is 45.6 Å². The average Bonchev–Trinajstić information content (AvgIpc) is 3.12. The predicted molar refractivity (Wildman–Crippen MR) is 96.0 cm³/mol. The Bertz CT molecular complexity index is 612. The number of imidazole rings is 1. The van der Waals surface area contributed by atoms with Gasteiger partial charge in [0.1, 0.15) is 0 Å². The second kappa shape index (κ2) is 7.97. The van der Waals surface area contributed by atoms with Crippen LogP contribution in [-0.4, -0.2) is 43.9 Å². The summed E-state index contributed by atoms with van der Waals surface area (Å²) in [4.78, 5) is 7.03. The normalized spacial score (nSPS) is 17.0. The number of halogens is 1. The molecule has 0 bridgehead atoms. The Kier molecular flexibility index (Phi) is 6.25. The van der Waals surface area contributed by atoms with Crippen LogP contribution in [0.1, 0.15) is 44.3 Å². The Morgan fingerprint density at radius 2 is 1.96 bits per heavy atom. The van der Waals surface area contributed by atoms with Gasteiger partial charge >= 0.3 is 0 Å². The third-order valence-electron chi connectivity index (χ3n) is 4.74. The number of hydrogen-bond donors (Lipinski definition) is 0. The number of hydrogen-bond acceptors (Lipinski definition) is 3. The van der Waals surface area contributed by atoms with E-state index in [2.05, 4.69) is 39.6 Å². The Morgan fingerprint density at radius 1 is 1.22 bits per heavy atom. The van der Waals surface area contributed by atoms with Crippen LogP contribution in [0.4, 0.5) is 0 Å². The fourth-order valence-electron chi connectivity index (χ4n) is 3.51. The van der Waals surface area contributed by atoms with E-state index in [1.807, 2.05) is 24.3 Å². The average molecular weight is 338 g/mol. The van der Waals surface area contributed by atoms with Gasteiger partial charge in [-0.2, -0.15) is 5.10 Å². The molecule has 0 radical (unpaired) electrons. The van der Waals surface area contributed by atoms with Crippen LogP contribution in [0, 0.1) is 6.92 Å². The first-order valence-corrected chi connectivity index (χ1v) is 8.44. The molecular formula is C17H28ClN5. The van der Waals surface area contributed by atoms with Gasteiger partial charge in [-0.05, 0) is 39.3 Å². The van der Waals surface area contributed by atoms with Gasteiger partial charge in [-0.25, -0.2) is 4.98 Å². The van der Waals surface area contributed by atoms with Gasteiger partial charge in [0.25, 0.3) is 0 Å². The summed E-state index contributed by atoms with van der Waals surface area (Å²) in [5.41, 5.74) is 3.45. The van der Waals surface area contributed by atoms with Crippen molar-refractivity contribution in [3.8, 4) is 11.3 Å². The van der Waals surface area contributed by atoms with E-state index >= 15 is 0 Å². The Labute approximate surface area is 145 Å². The lowest BCUT2D eigenvalue weighted by Crippen LogP contribution is -2.35. The molecule has 0 aliphatic carbocycles. The van der Waals surface area contributed by atoms with Crippen molar-refractivity contribution in [1.29, 1.82) is 0 Å². The van der Waals surface area contributed by atoms with Gasteiger partial charge in [-0.1, -0.05) is 13.3 Å². The van der Waals surface area contributed by atoms with Crippen LogP contribution in [0.5, 0.6) is 0 Å². The van der Waals surface area contributed by atoms with E-state index in [0.717, 1.165) is 18.7 Å². The van der Waals surface area contributed by atoms with Crippen molar-refractivity contribution in [3.63, 3.8) is 0 Å². The molecule has 23 heavy (non-hydrogen) atoms. The summed E-state index contributed by atoms with van der Waals surface area (Å²) in [7, 11) is 1.97. The highest BCUT2D eigenvalue weighted by molar-refractivity contribution is 5.85. The van der Waals surface area contributed by atoms with Crippen molar-refractivity contribution in [2.24, 2.45) is 7.05 Å². The van der Waals surface area contributed by atoms with Crippen molar-refractivity contribution >= 4 is 12.4 Å². The van der Waals surface area contributed by atoms with E-state index in [4.69, 9.17) is 0 Å². The molecule has 3 heterocycles. The second-order valence-electron chi connectivity index (χ2n) is 6.41. The molecule has 2 aromatic heterocycles. The van der Waals surface area contributed by atoms with Crippen molar-refractivity contribution < 1.29 is 0 Å². The number of likely N-dealkylation sites (tertiary alicyclic amines) is 1. The van der Waals surface area contributed by atoms with E-state index in [-0.39, 0.29) is 12.4 Å². The van der Waals surface area contributed by atoms with Crippen LogP contribution in [0.15, 0.2) is 18.7 Å². The molecule has 128 valence electrons. The van der Waals surface area contributed by atoms with Crippen LogP contribution in [-0.2, 0) is 7.05 Å². The van der Waals surface area contributed by atoms with Crippen LogP contribution in [0.2, 0.25) is 0 Å². The van der Waals surface area contributed by atoms with Gasteiger partial charge < -0.3 is 9.47 Å². The molecule has 3 rings (SSSR count). The van der Waals surface area contributed by atoms with Crippen LogP contribution in [0.3, 0.4) is 0 Å². The highest BCUT2D eigenvalue weighted by atomic mass is 35.5. The summed E-state index contributed by atoms with van der Waals surface area (Å²) in [6.45, 7) is 7.95. The minimum Gasteiger partial charge on any atom is -0.326 e. The van der Waals surface area contributed by atoms with E-state index in [9.17, 15) is 0 Å². The zero-order valence-corrected chi connectivity index (χ0v) is 15.2. The number of piperidine rings is 1. The molecule has 0 saturated carbocycles. The molecule has 1 aliphatic heterocycles. The van der Waals surface area contributed by atoms with Gasteiger partial charge in [0.2, 0.25) is 0 Å². The minimum absolute atomic E-state index is 0. The predicted octanol–water partition coefficient (Wildman–Crippen LogP) is 3.45. The Balaban J connectivity index is 0.00000192. The molecular weight excluding hydrogens is 310 g/mol. The van der Waals surface area contributed by atoms with Crippen molar-refractivity contribution in [1.82, 2.24) is 24.2 Å². The fourth-order valence-corrected chi connectivity index (χ4v) is 3.51. The van der Waals surface area contributed by atoms with Gasteiger partial charge in [0, 0.05) is 31.4 Å². The Morgan fingerprint density at radius 3 is 2.57 bits per heavy atom. The smallest absolute Gasteiger partial charge is 0.0954 e. The van der Waals surface area contributed by atoms with E-state index in [0.29, 0.717) is 6.04 Å². The zero-order valence-electron chi connectivity index (χ0n) is 14.4. The van der Waals surface area contributed by atoms with Crippen LogP contribution < -0.4 is 0 Å². The lowest BCUT2D eigenvalue weighted by molar-refractivity contribution is 0.194. The second-order valence-corrected chi connectivity index (χ2v) is 6.41. The molecule has 1 atom stereocenters. The standard InChI is InChI=1S/C17H27N5.ClH/c1-4-15(11-21-8-6-5-7-9-21)22-13-18-10-17(22)16-12-20(3)19-14(16)2;/h10,12-13,15H,4-9,11H2,1-3H3;1H. The zero-order chi connectivity index (χ0) is 15.5. The van der Waals surface area contributed by atoms with Gasteiger partial charge in [0.05, 0.1) is 23.9 Å². The molecule has 1 fully saturated rings. The molecule has 1 saturated heterocycles. The van der Waals surface area contributed by atoms with E-state index in [1.54, 1.807) is 0 Å². The third-order valence-corrected chi connectivity index (χ3v) is 4.74. The van der Waals surface area contributed by atoms with E-state index < -0.39 is 0 Å². The molecule has 0 aromatic carbocycles.